The molecule has 2 N–H and O–H groups in total. The quantitative estimate of drug-likeness (QED) is 0.192. The smallest absolute Gasteiger partial charge is 0.256 e. The van der Waals surface area contributed by atoms with Crippen LogP contribution in [0.2, 0.25) is 0 Å². The van der Waals surface area contributed by atoms with Gasteiger partial charge in [-0.1, -0.05) is 57.4 Å². The number of halogens is 1. The maximum atomic E-state index is 14.6. The SMILES string of the molecule is C[C@@H]1c2oncc2C[C@]2(C)C3=CC(=O)[C@@H]4[C@@H]5CC(C)(C)CC[C@]5(/C(=N/O)NC(=O)CF)CC[C@@]4(C)[C@]3(C)CC[C@@H]12. The first-order valence-electron chi connectivity index (χ1n) is 15.0. The molecule has 1 amide bonds. The first-order valence-corrected chi connectivity index (χ1v) is 15.0. The summed E-state index contributed by atoms with van der Waals surface area (Å²) < 4.78 is 19.0. The molecule has 0 unspecified atom stereocenters. The molecule has 8 atom stereocenters. The molecule has 6 rings (SSSR count). The van der Waals surface area contributed by atoms with Gasteiger partial charge in [0.15, 0.2) is 18.3 Å². The Morgan fingerprint density at radius 3 is 2.58 bits per heavy atom. The number of amides is 1. The van der Waals surface area contributed by atoms with Crippen molar-refractivity contribution >= 4 is 17.5 Å². The Kier molecular flexibility index (Phi) is 6.05. The second kappa shape index (κ2) is 8.75. The minimum atomic E-state index is -1.18. The van der Waals surface area contributed by atoms with Crippen LogP contribution >= 0.6 is 0 Å². The molecule has 0 aromatic carbocycles. The third-order valence-corrected chi connectivity index (χ3v) is 12.9. The van der Waals surface area contributed by atoms with Gasteiger partial charge in [0.05, 0.1) is 6.20 Å². The standard InChI is InChI=1S/C32H44FN3O4/c1-18-20-7-8-30(5)23(29(20,4)14-19-17-34-40-26(18)19)13-22(37)25-21-15-28(2,3)9-11-32(21,12-10-31(25,30)6)27(36-39)35-24(38)16-33/h13,17-18,20-21,25,39H,7-12,14-16H2,1-6H3,(H,35,36,38)/t18-,20-,21-,25-,29-,30+,31+,32-/m0/s1. The van der Waals surface area contributed by atoms with Gasteiger partial charge in [-0.3, -0.25) is 9.59 Å². The molecular formula is C32H44FN3O4. The number of carbonyl (C=O) groups is 2. The van der Waals surface area contributed by atoms with Gasteiger partial charge in [-0.15, -0.1) is 0 Å². The second-order valence-electron chi connectivity index (χ2n) is 15.2. The molecule has 40 heavy (non-hydrogen) atoms. The molecule has 0 spiro atoms. The number of amidine groups is 1. The summed E-state index contributed by atoms with van der Waals surface area (Å²) in [5, 5.41) is 20.4. The molecule has 3 fully saturated rings. The van der Waals surface area contributed by atoms with Crippen molar-refractivity contribution in [2.45, 2.75) is 98.8 Å². The highest BCUT2D eigenvalue weighted by Gasteiger charge is 2.70. The van der Waals surface area contributed by atoms with Crippen molar-refractivity contribution in [3.05, 3.63) is 29.2 Å². The van der Waals surface area contributed by atoms with Gasteiger partial charge in [-0.2, -0.15) is 0 Å². The van der Waals surface area contributed by atoms with Crippen LogP contribution in [0.4, 0.5) is 4.39 Å². The fourth-order valence-corrected chi connectivity index (χ4v) is 10.7. The highest BCUT2D eigenvalue weighted by molar-refractivity contribution is 6.03. The number of nitrogens with one attached hydrogen (secondary N) is 1. The molecule has 3 saturated carbocycles. The molecule has 1 aromatic heterocycles. The topological polar surface area (TPSA) is 105 Å². The van der Waals surface area contributed by atoms with Crippen molar-refractivity contribution in [3.63, 3.8) is 0 Å². The maximum absolute atomic E-state index is 14.6. The lowest BCUT2D eigenvalue weighted by Gasteiger charge is -2.69. The molecule has 1 heterocycles. The number of allylic oxidation sites excluding steroid dienone is 2. The first-order chi connectivity index (χ1) is 18.8. The average Bonchev–Trinajstić information content (AvgIpc) is 3.36. The van der Waals surface area contributed by atoms with Crippen molar-refractivity contribution in [2.24, 2.45) is 50.0 Å². The summed E-state index contributed by atoms with van der Waals surface area (Å²) in [5.74, 6) is 0.696. The highest BCUT2D eigenvalue weighted by atomic mass is 19.1. The van der Waals surface area contributed by atoms with E-state index in [2.05, 4.69) is 57.2 Å². The van der Waals surface area contributed by atoms with Crippen molar-refractivity contribution in [1.29, 1.82) is 0 Å². The lowest BCUT2D eigenvalue weighted by molar-refractivity contribution is -0.160. The predicted octanol–water partition coefficient (Wildman–Crippen LogP) is 6.37. The van der Waals surface area contributed by atoms with Crippen LogP contribution < -0.4 is 5.32 Å². The maximum Gasteiger partial charge on any atom is 0.256 e. The minimum Gasteiger partial charge on any atom is -0.409 e. The zero-order valence-corrected chi connectivity index (χ0v) is 24.8. The van der Waals surface area contributed by atoms with E-state index in [4.69, 9.17) is 4.52 Å². The lowest BCUT2D eigenvalue weighted by Crippen LogP contribution is -2.66. The molecule has 7 nitrogen and oxygen atoms in total. The van der Waals surface area contributed by atoms with Gasteiger partial charge in [0, 0.05) is 22.8 Å². The number of hydrogen-bond acceptors (Lipinski definition) is 6. The van der Waals surface area contributed by atoms with Crippen molar-refractivity contribution in [1.82, 2.24) is 10.5 Å². The summed E-state index contributed by atoms with van der Waals surface area (Å²) in [5.41, 5.74) is 1.11. The van der Waals surface area contributed by atoms with Crippen molar-refractivity contribution in [3.8, 4) is 0 Å². The van der Waals surface area contributed by atoms with Gasteiger partial charge in [0.1, 0.15) is 5.76 Å². The number of aromatic nitrogens is 1. The Labute approximate surface area is 236 Å². The summed E-state index contributed by atoms with van der Waals surface area (Å²) in [4.78, 5) is 26.7. The molecule has 8 heteroatoms. The summed E-state index contributed by atoms with van der Waals surface area (Å²) in [6.45, 7) is 12.6. The van der Waals surface area contributed by atoms with Gasteiger partial charge in [0.25, 0.3) is 5.91 Å². The van der Waals surface area contributed by atoms with E-state index in [0.717, 1.165) is 49.8 Å². The van der Waals surface area contributed by atoms with Crippen LogP contribution in [-0.4, -0.2) is 34.6 Å². The molecule has 218 valence electrons. The Hall–Kier alpha value is -2.51. The molecule has 5 aliphatic carbocycles. The zero-order chi connectivity index (χ0) is 28.9. The largest absolute Gasteiger partial charge is 0.409 e. The number of alkyl halides is 1. The Morgan fingerprint density at radius 2 is 1.88 bits per heavy atom. The van der Waals surface area contributed by atoms with E-state index in [9.17, 15) is 19.2 Å². The van der Waals surface area contributed by atoms with E-state index in [1.807, 2.05) is 12.3 Å². The monoisotopic (exact) mass is 553 g/mol. The molecule has 0 saturated heterocycles. The Morgan fingerprint density at radius 1 is 1.15 bits per heavy atom. The van der Waals surface area contributed by atoms with Gasteiger partial charge >= 0.3 is 0 Å². The first kappa shape index (κ1) is 27.6. The molecule has 0 aliphatic heterocycles. The summed E-state index contributed by atoms with van der Waals surface area (Å²) in [7, 11) is 0. The van der Waals surface area contributed by atoms with E-state index < -0.39 is 18.0 Å². The van der Waals surface area contributed by atoms with Crippen LogP contribution in [0.3, 0.4) is 0 Å². The van der Waals surface area contributed by atoms with Crippen LogP contribution in [0.1, 0.15) is 104 Å². The van der Waals surface area contributed by atoms with Crippen molar-refractivity contribution in [2.75, 3.05) is 6.67 Å². The summed E-state index contributed by atoms with van der Waals surface area (Å²) in [6.07, 6.45) is 10.5. The number of ketones is 1. The number of hydrogen-bond donors (Lipinski definition) is 2. The van der Waals surface area contributed by atoms with Gasteiger partial charge in [-0.25, -0.2) is 4.39 Å². The van der Waals surface area contributed by atoms with E-state index in [1.54, 1.807) is 0 Å². The normalized spacial score (nSPS) is 43.8. The van der Waals surface area contributed by atoms with Crippen LogP contribution in [0, 0.1) is 44.8 Å². The minimum absolute atomic E-state index is 0.00458. The van der Waals surface area contributed by atoms with E-state index in [-0.39, 0.29) is 51.0 Å². The number of carbonyl (C=O) groups excluding carboxylic acids is 2. The molecule has 0 bridgehead atoms. The van der Waals surface area contributed by atoms with Gasteiger partial charge in [-0.05, 0) is 90.9 Å². The zero-order valence-electron chi connectivity index (χ0n) is 24.8. The highest BCUT2D eigenvalue weighted by Crippen LogP contribution is 2.74. The van der Waals surface area contributed by atoms with Gasteiger partial charge in [0.2, 0.25) is 0 Å². The van der Waals surface area contributed by atoms with Gasteiger partial charge < -0.3 is 15.0 Å². The van der Waals surface area contributed by atoms with Crippen LogP contribution in [-0.2, 0) is 16.0 Å². The number of nitrogens with zero attached hydrogens (tertiary/aromatic N) is 2. The van der Waals surface area contributed by atoms with Crippen LogP contribution in [0.25, 0.3) is 0 Å². The predicted molar refractivity (Wildman–Crippen MR) is 148 cm³/mol. The third kappa shape index (κ3) is 3.46. The lowest BCUT2D eigenvalue weighted by atomic mass is 9.34. The summed E-state index contributed by atoms with van der Waals surface area (Å²) in [6, 6.07) is 0. The van der Waals surface area contributed by atoms with Crippen molar-refractivity contribution < 1.29 is 23.7 Å². The Bertz CT molecular complexity index is 1320. The average molecular weight is 554 g/mol. The van der Waals surface area contributed by atoms with Crippen LogP contribution in [0.5, 0.6) is 0 Å². The fraction of sp³-hybridized carbons (Fsp3) is 0.750. The third-order valence-electron chi connectivity index (χ3n) is 12.9. The van der Waals surface area contributed by atoms with Crippen LogP contribution in [0.15, 0.2) is 27.5 Å². The molecule has 0 radical (unpaired) electrons. The van der Waals surface area contributed by atoms with E-state index in [0.29, 0.717) is 18.8 Å². The number of rotatable bonds is 2. The second-order valence-corrected chi connectivity index (χ2v) is 15.2. The Balaban J connectivity index is 1.48. The molecular weight excluding hydrogens is 509 g/mol. The van der Waals surface area contributed by atoms with E-state index in [1.165, 1.54) is 5.57 Å². The fourth-order valence-electron chi connectivity index (χ4n) is 10.7. The summed E-state index contributed by atoms with van der Waals surface area (Å²) >= 11 is 0. The number of fused-ring (bicyclic) bond motifs is 8. The van der Waals surface area contributed by atoms with E-state index >= 15 is 0 Å². The number of oxime groups is 1. The molecule has 1 aromatic rings. The molecule has 5 aliphatic rings.